The van der Waals surface area contributed by atoms with Crippen LogP contribution in [0.1, 0.15) is 31.1 Å². The molecule has 0 aliphatic heterocycles. The topological polar surface area (TPSA) is 96.0 Å². The third kappa shape index (κ3) is 4.51. The first-order valence-corrected chi connectivity index (χ1v) is 12.2. The Morgan fingerprint density at radius 1 is 1.00 bits per heavy atom. The molecule has 37 heavy (non-hydrogen) atoms. The second kappa shape index (κ2) is 10.1. The predicted molar refractivity (Wildman–Crippen MR) is 141 cm³/mol. The Kier molecular flexibility index (Phi) is 6.59. The Balaban J connectivity index is 1.55. The quantitative estimate of drug-likeness (QED) is 0.351. The maximum absolute atomic E-state index is 13.8. The summed E-state index contributed by atoms with van der Waals surface area (Å²) in [6.45, 7) is 6.18. The van der Waals surface area contributed by atoms with Gasteiger partial charge in [0.2, 0.25) is 5.91 Å². The fourth-order valence-electron chi connectivity index (χ4n) is 4.34. The van der Waals surface area contributed by atoms with E-state index in [1.165, 1.54) is 4.68 Å². The second-order valence-electron chi connectivity index (χ2n) is 8.65. The maximum Gasteiger partial charge on any atom is 0.280 e. The Morgan fingerprint density at radius 3 is 2.43 bits per heavy atom. The lowest BCUT2D eigenvalue weighted by molar-refractivity contribution is -0.124. The van der Waals surface area contributed by atoms with Crippen LogP contribution in [0.5, 0.6) is 5.75 Å². The molecule has 0 spiro atoms. The second-order valence-corrected chi connectivity index (χ2v) is 8.65. The van der Waals surface area contributed by atoms with E-state index >= 15 is 0 Å². The molecule has 1 atom stereocenters. The van der Waals surface area contributed by atoms with Crippen LogP contribution < -0.4 is 15.6 Å². The van der Waals surface area contributed by atoms with E-state index in [0.717, 1.165) is 17.0 Å². The summed E-state index contributed by atoms with van der Waals surface area (Å²) in [7, 11) is 0. The van der Waals surface area contributed by atoms with Crippen LogP contribution in [0.4, 0.5) is 0 Å². The predicted octanol–water partition coefficient (Wildman–Crippen LogP) is 3.96. The summed E-state index contributed by atoms with van der Waals surface area (Å²) in [6, 6.07) is 20.1. The molecule has 1 N–H and O–H groups in total. The van der Waals surface area contributed by atoms with Gasteiger partial charge in [-0.3, -0.25) is 9.59 Å². The van der Waals surface area contributed by atoms with Gasteiger partial charge in [-0.2, -0.15) is 10.2 Å². The zero-order valence-electron chi connectivity index (χ0n) is 21.0. The van der Waals surface area contributed by atoms with Crippen molar-refractivity contribution in [2.75, 3.05) is 6.61 Å². The molecule has 9 heteroatoms. The Morgan fingerprint density at radius 2 is 1.70 bits per heavy atom. The van der Waals surface area contributed by atoms with Gasteiger partial charge in [-0.15, -0.1) is 0 Å². The fourth-order valence-corrected chi connectivity index (χ4v) is 4.34. The molecule has 5 aromatic rings. The standard InChI is InChI=1S/C28H28N6O3/c1-4-37-23-15-9-8-12-21(23)18-29-26(35)20(3)33-28(36)24-25(19(2)30-33)31-34(22-13-6-5-7-14-22)27(24)32-16-10-11-17-32/h5-17,20H,4,18H2,1-3H3,(H,29,35)/t20-/m1/s1. The number of amides is 1. The van der Waals surface area contributed by atoms with Crippen molar-refractivity contribution in [3.05, 3.63) is 101 Å². The number of fused-ring (bicyclic) bond motifs is 1. The molecule has 0 radical (unpaired) electrons. The van der Waals surface area contributed by atoms with Crippen LogP contribution in [-0.4, -0.2) is 36.6 Å². The molecule has 0 unspecified atom stereocenters. The average molecular weight is 497 g/mol. The van der Waals surface area contributed by atoms with Gasteiger partial charge in [0.15, 0.2) is 5.82 Å². The molecule has 3 heterocycles. The Bertz CT molecular complexity index is 1600. The number of aromatic nitrogens is 5. The molecule has 0 saturated carbocycles. The van der Waals surface area contributed by atoms with Crippen molar-refractivity contribution in [1.82, 2.24) is 29.4 Å². The van der Waals surface area contributed by atoms with Crippen LogP contribution in [0.3, 0.4) is 0 Å². The highest BCUT2D eigenvalue weighted by atomic mass is 16.5. The van der Waals surface area contributed by atoms with Gasteiger partial charge in [0.1, 0.15) is 22.7 Å². The highest BCUT2D eigenvalue weighted by Crippen LogP contribution is 2.25. The van der Waals surface area contributed by atoms with Crippen molar-refractivity contribution >= 4 is 16.8 Å². The summed E-state index contributed by atoms with van der Waals surface area (Å²) >= 11 is 0. The fraction of sp³-hybridized carbons (Fsp3) is 0.214. The van der Waals surface area contributed by atoms with E-state index in [1.54, 1.807) is 18.5 Å². The minimum atomic E-state index is -0.840. The summed E-state index contributed by atoms with van der Waals surface area (Å²) in [5, 5.41) is 12.6. The van der Waals surface area contributed by atoms with E-state index in [2.05, 4.69) is 10.4 Å². The average Bonchev–Trinajstić information content (AvgIpc) is 3.59. The van der Waals surface area contributed by atoms with Gasteiger partial charge in [0.25, 0.3) is 5.56 Å². The monoisotopic (exact) mass is 496 g/mol. The Hall–Kier alpha value is -4.66. The van der Waals surface area contributed by atoms with Gasteiger partial charge < -0.3 is 14.6 Å². The first-order valence-electron chi connectivity index (χ1n) is 12.2. The molecule has 2 aromatic carbocycles. The molecule has 0 saturated heterocycles. The number of hydrogen-bond acceptors (Lipinski definition) is 5. The first kappa shape index (κ1) is 24.1. The molecular weight excluding hydrogens is 468 g/mol. The van der Waals surface area contributed by atoms with Crippen LogP contribution in [0.15, 0.2) is 83.9 Å². The molecule has 0 fully saturated rings. The largest absolute Gasteiger partial charge is 0.494 e. The van der Waals surface area contributed by atoms with Crippen molar-refractivity contribution < 1.29 is 9.53 Å². The summed E-state index contributed by atoms with van der Waals surface area (Å²) < 4.78 is 10.5. The highest BCUT2D eigenvalue weighted by molar-refractivity contribution is 5.88. The molecule has 188 valence electrons. The minimum absolute atomic E-state index is 0.274. The van der Waals surface area contributed by atoms with Crippen LogP contribution in [0.25, 0.3) is 22.4 Å². The smallest absolute Gasteiger partial charge is 0.280 e. The Labute approximate surface area is 213 Å². The number of carbonyl (C=O) groups excluding carboxylic acids is 1. The number of para-hydroxylation sites is 2. The molecule has 0 aliphatic rings. The minimum Gasteiger partial charge on any atom is -0.494 e. The lowest BCUT2D eigenvalue weighted by Crippen LogP contribution is -2.37. The number of rotatable bonds is 8. The number of aryl methyl sites for hydroxylation is 1. The van der Waals surface area contributed by atoms with E-state index in [9.17, 15) is 9.59 Å². The molecule has 5 rings (SSSR count). The van der Waals surface area contributed by atoms with Gasteiger partial charge in [0.05, 0.1) is 18.0 Å². The SMILES string of the molecule is CCOc1ccccc1CNC(=O)[C@@H](C)n1nc(C)c2nn(-c3ccccc3)c(-n3cccc3)c2c1=O. The number of hydrogen-bond donors (Lipinski definition) is 1. The van der Waals surface area contributed by atoms with E-state index in [4.69, 9.17) is 9.84 Å². The molecule has 3 aromatic heterocycles. The van der Waals surface area contributed by atoms with Gasteiger partial charge in [0, 0.05) is 24.5 Å². The first-order chi connectivity index (χ1) is 18.0. The van der Waals surface area contributed by atoms with Crippen molar-refractivity contribution in [2.24, 2.45) is 0 Å². The number of carbonyl (C=O) groups is 1. The van der Waals surface area contributed by atoms with Crippen molar-refractivity contribution in [3.8, 4) is 17.3 Å². The van der Waals surface area contributed by atoms with E-state index in [0.29, 0.717) is 29.0 Å². The van der Waals surface area contributed by atoms with Crippen LogP contribution >= 0.6 is 0 Å². The molecular formula is C28H28N6O3. The third-order valence-corrected chi connectivity index (χ3v) is 6.21. The number of ether oxygens (including phenoxy) is 1. The van der Waals surface area contributed by atoms with Crippen molar-refractivity contribution in [1.29, 1.82) is 0 Å². The van der Waals surface area contributed by atoms with Gasteiger partial charge >= 0.3 is 0 Å². The highest BCUT2D eigenvalue weighted by Gasteiger charge is 2.25. The van der Waals surface area contributed by atoms with E-state index < -0.39 is 6.04 Å². The molecule has 0 aliphatic carbocycles. The maximum atomic E-state index is 13.8. The zero-order valence-corrected chi connectivity index (χ0v) is 21.0. The van der Waals surface area contributed by atoms with Crippen LogP contribution in [0, 0.1) is 6.92 Å². The van der Waals surface area contributed by atoms with Crippen LogP contribution in [-0.2, 0) is 11.3 Å². The van der Waals surface area contributed by atoms with E-state index in [-0.39, 0.29) is 18.0 Å². The normalized spacial score (nSPS) is 12.0. The third-order valence-electron chi connectivity index (χ3n) is 6.21. The number of benzene rings is 2. The summed E-state index contributed by atoms with van der Waals surface area (Å²) in [5.74, 6) is 0.988. The van der Waals surface area contributed by atoms with Gasteiger partial charge in [-0.1, -0.05) is 36.4 Å². The van der Waals surface area contributed by atoms with E-state index in [1.807, 2.05) is 90.6 Å². The van der Waals surface area contributed by atoms with Crippen molar-refractivity contribution in [2.45, 2.75) is 33.4 Å². The lowest BCUT2D eigenvalue weighted by atomic mass is 10.2. The number of nitrogens with zero attached hydrogens (tertiary/aromatic N) is 5. The van der Waals surface area contributed by atoms with Gasteiger partial charge in [-0.25, -0.2) is 9.36 Å². The van der Waals surface area contributed by atoms with Gasteiger partial charge in [-0.05, 0) is 51.1 Å². The molecule has 9 nitrogen and oxygen atoms in total. The number of nitrogens with one attached hydrogen (secondary N) is 1. The lowest BCUT2D eigenvalue weighted by Gasteiger charge is -2.16. The summed E-state index contributed by atoms with van der Waals surface area (Å²) in [4.78, 5) is 27.0. The molecule has 1 amide bonds. The van der Waals surface area contributed by atoms with Crippen LogP contribution in [0.2, 0.25) is 0 Å². The summed E-state index contributed by atoms with van der Waals surface area (Å²) in [6.07, 6.45) is 3.72. The zero-order chi connectivity index (χ0) is 25.9. The summed E-state index contributed by atoms with van der Waals surface area (Å²) in [5.41, 5.74) is 2.33. The van der Waals surface area contributed by atoms with Crippen molar-refractivity contribution in [3.63, 3.8) is 0 Å². The molecule has 0 bridgehead atoms.